The van der Waals surface area contributed by atoms with E-state index in [2.05, 4.69) is 20.0 Å². The van der Waals surface area contributed by atoms with Crippen LogP contribution in [0.5, 0.6) is 0 Å². The first-order valence-corrected chi connectivity index (χ1v) is 11.4. The van der Waals surface area contributed by atoms with Crippen LogP contribution < -0.4 is 10.0 Å². The highest BCUT2D eigenvalue weighted by molar-refractivity contribution is 7.88. The fourth-order valence-electron chi connectivity index (χ4n) is 3.12. The summed E-state index contributed by atoms with van der Waals surface area (Å²) in [7, 11) is 0.596. The number of hydrogen-bond donors (Lipinski definition) is 2. The van der Waals surface area contributed by atoms with Crippen LogP contribution in [0.25, 0.3) is 32.0 Å². The van der Waals surface area contributed by atoms with Crippen LogP contribution in [0.3, 0.4) is 0 Å². The van der Waals surface area contributed by atoms with E-state index < -0.39 is 10.0 Å². The zero-order valence-electron chi connectivity index (χ0n) is 15.7. The van der Waals surface area contributed by atoms with Crippen molar-refractivity contribution in [2.45, 2.75) is 6.42 Å². The number of hydrogen-bond acceptors (Lipinski definition) is 7. The molecule has 0 unspecified atom stereocenters. The van der Waals surface area contributed by atoms with Gasteiger partial charge in [-0.3, -0.25) is 0 Å². The molecule has 10 heteroatoms. The molecule has 0 radical (unpaired) electrons. The molecule has 0 amide bonds. The lowest BCUT2D eigenvalue weighted by Crippen LogP contribution is -2.24. The Labute approximate surface area is 166 Å². The Morgan fingerprint density at radius 3 is 2.79 bits per heavy atom. The van der Waals surface area contributed by atoms with Gasteiger partial charge in [-0.1, -0.05) is 29.5 Å². The van der Waals surface area contributed by atoms with Crippen LogP contribution in [0.4, 0.5) is 5.82 Å². The highest BCUT2D eigenvalue weighted by Crippen LogP contribution is 2.35. The number of thiazole rings is 1. The molecule has 0 bridgehead atoms. The van der Waals surface area contributed by atoms with E-state index in [1.54, 1.807) is 6.33 Å². The van der Waals surface area contributed by atoms with E-state index in [0.717, 1.165) is 49.6 Å². The molecule has 3 aromatic heterocycles. The fraction of sp³-hybridized carbons (Fsp3) is 0.278. The Morgan fingerprint density at radius 2 is 2.04 bits per heavy atom. The van der Waals surface area contributed by atoms with Crippen LogP contribution in [0.15, 0.2) is 30.6 Å². The van der Waals surface area contributed by atoms with Crippen molar-refractivity contribution in [1.82, 2.24) is 24.2 Å². The molecule has 4 aromatic rings. The summed E-state index contributed by atoms with van der Waals surface area (Å²) < 4.78 is 26.9. The van der Waals surface area contributed by atoms with Gasteiger partial charge in [-0.25, -0.2) is 28.1 Å². The fourth-order valence-corrected chi connectivity index (χ4v) is 4.53. The molecular weight excluding hydrogens is 396 g/mol. The molecule has 4 rings (SSSR count). The van der Waals surface area contributed by atoms with Gasteiger partial charge in [-0.15, -0.1) is 0 Å². The lowest BCUT2D eigenvalue weighted by atomic mass is 10.1. The summed E-state index contributed by atoms with van der Waals surface area (Å²) in [6, 6.07) is 7.99. The molecule has 0 aliphatic rings. The number of pyridine rings is 1. The van der Waals surface area contributed by atoms with Crippen molar-refractivity contribution in [3.8, 4) is 10.6 Å². The second kappa shape index (κ2) is 7.12. The van der Waals surface area contributed by atoms with Gasteiger partial charge in [0, 0.05) is 26.2 Å². The third-order valence-electron chi connectivity index (χ3n) is 4.40. The van der Waals surface area contributed by atoms with E-state index in [1.807, 2.05) is 42.9 Å². The highest BCUT2D eigenvalue weighted by Gasteiger charge is 2.17. The molecule has 146 valence electrons. The minimum Gasteiger partial charge on any atom is -0.371 e. The minimum atomic E-state index is -3.18. The molecule has 8 nitrogen and oxygen atoms in total. The van der Waals surface area contributed by atoms with E-state index in [4.69, 9.17) is 4.98 Å². The average Bonchev–Trinajstić information content (AvgIpc) is 3.24. The molecule has 2 N–H and O–H groups in total. The maximum Gasteiger partial charge on any atom is 0.208 e. The van der Waals surface area contributed by atoms with Crippen LogP contribution in [-0.2, 0) is 23.5 Å². The van der Waals surface area contributed by atoms with Gasteiger partial charge in [0.1, 0.15) is 26.4 Å². The van der Waals surface area contributed by atoms with Crippen LogP contribution in [0.1, 0.15) is 5.56 Å². The number of benzene rings is 1. The van der Waals surface area contributed by atoms with E-state index >= 15 is 0 Å². The van der Waals surface area contributed by atoms with E-state index in [-0.39, 0.29) is 0 Å². The van der Waals surface area contributed by atoms with Crippen molar-refractivity contribution in [2.75, 3.05) is 25.2 Å². The van der Waals surface area contributed by atoms with Crippen molar-refractivity contribution >= 4 is 48.6 Å². The van der Waals surface area contributed by atoms with Crippen LogP contribution in [-0.4, -0.2) is 47.8 Å². The predicted molar refractivity (Wildman–Crippen MR) is 113 cm³/mol. The Morgan fingerprint density at radius 1 is 1.21 bits per heavy atom. The molecular formula is C18H20N6O2S2. The van der Waals surface area contributed by atoms with Gasteiger partial charge in [0.05, 0.1) is 12.6 Å². The number of rotatable bonds is 6. The molecule has 0 aliphatic heterocycles. The first-order chi connectivity index (χ1) is 13.4. The number of sulfonamides is 1. The second-order valence-electron chi connectivity index (χ2n) is 6.55. The third-order valence-corrected chi connectivity index (χ3v) is 6.12. The standard InChI is InChI=1S/C18H20N6O2S2/c1-19-16-13-15(24(2)10-20-13)14-18(23-16)27-17(22-14)12-6-4-5-11(9-12)7-8-21-28(3,25)26/h4-6,9-10,21H,7-8H2,1-3H3,(H,19,23). The first kappa shape index (κ1) is 18.8. The maximum absolute atomic E-state index is 11.2. The summed E-state index contributed by atoms with van der Waals surface area (Å²) in [5.74, 6) is 0.735. The van der Waals surface area contributed by atoms with Crippen LogP contribution in [0, 0.1) is 0 Å². The third kappa shape index (κ3) is 3.58. The Kier molecular flexibility index (Phi) is 4.77. The van der Waals surface area contributed by atoms with E-state index in [0.29, 0.717) is 13.0 Å². The zero-order chi connectivity index (χ0) is 19.9. The number of fused-ring (bicyclic) bond motifs is 3. The summed E-state index contributed by atoms with van der Waals surface area (Å²) in [6.45, 7) is 0.366. The highest BCUT2D eigenvalue weighted by atomic mass is 32.2. The summed E-state index contributed by atoms with van der Waals surface area (Å²) in [4.78, 5) is 14.8. The number of aryl methyl sites for hydroxylation is 1. The van der Waals surface area contributed by atoms with Crippen molar-refractivity contribution < 1.29 is 8.42 Å². The van der Waals surface area contributed by atoms with Gasteiger partial charge < -0.3 is 9.88 Å². The lowest BCUT2D eigenvalue weighted by Gasteiger charge is -2.04. The zero-order valence-corrected chi connectivity index (χ0v) is 17.4. The molecule has 0 aliphatic carbocycles. The van der Waals surface area contributed by atoms with E-state index in [1.165, 1.54) is 11.3 Å². The largest absolute Gasteiger partial charge is 0.371 e. The van der Waals surface area contributed by atoms with Gasteiger partial charge >= 0.3 is 0 Å². The Balaban J connectivity index is 1.73. The molecule has 28 heavy (non-hydrogen) atoms. The molecule has 0 saturated carbocycles. The lowest BCUT2D eigenvalue weighted by molar-refractivity contribution is 0.588. The Bertz CT molecular complexity index is 1280. The summed E-state index contributed by atoms with van der Waals surface area (Å²) in [6.07, 6.45) is 3.54. The molecule has 0 saturated heterocycles. The molecule has 3 heterocycles. The summed E-state index contributed by atoms with van der Waals surface area (Å²) in [5.41, 5.74) is 4.61. The SMILES string of the molecule is CNc1nc2sc(-c3cccc(CCNS(C)(=O)=O)c3)nc2c2c1ncn2C. The van der Waals surface area contributed by atoms with E-state index in [9.17, 15) is 8.42 Å². The second-order valence-corrected chi connectivity index (χ2v) is 9.36. The minimum absolute atomic E-state index is 0.366. The van der Waals surface area contributed by atoms with Gasteiger partial charge in [0.15, 0.2) is 5.82 Å². The van der Waals surface area contributed by atoms with Crippen LogP contribution >= 0.6 is 11.3 Å². The topological polar surface area (TPSA) is 102 Å². The number of nitrogens with one attached hydrogen (secondary N) is 2. The number of imidazole rings is 1. The van der Waals surface area contributed by atoms with Crippen LogP contribution in [0.2, 0.25) is 0 Å². The van der Waals surface area contributed by atoms with Crippen molar-refractivity contribution in [1.29, 1.82) is 0 Å². The molecule has 0 spiro atoms. The van der Waals surface area contributed by atoms with Crippen molar-refractivity contribution in [2.24, 2.45) is 7.05 Å². The quantitative estimate of drug-likeness (QED) is 0.500. The van der Waals surface area contributed by atoms with Gasteiger partial charge in [-0.2, -0.15) is 0 Å². The average molecular weight is 417 g/mol. The van der Waals surface area contributed by atoms with Gasteiger partial charge in [-0.05, 0) is 18.1 Å². The molecule has 1 aromatic carbocycles. The number of aromatic nitrogens is 4. The molecule has 0 atom stereocenters. The van der Waals surface area contributed by atoms with Gasteiger partial charge in [0.2, 0.25) is 10.0 Å². The maximum atomic E-state index is 11.2. The van der Waals surface area contributed by atoms with Crippen molar-refractivity contribution in [3.63, 3.8) is 0 Å². The monoisotopic (exact) mass is 416 g/mol. The normalized spacial score (nSPS) is 12.1. The summed E-state index contributed by atoms with van der Waals surface area (Å²) >= 11 is 1.53. The van der Waals surface area contributed by atoms with Crippen molar-refractivity contribution in [3.05, 3.63) is 36.2 Å². The first-order valence-electron chi connectivity index (χ1n) is 8.69. The van der Waals surface area contributed by atoms with Gasteiger partial charge in [0.25, 0.3) is 0 Å². The number of anilines is 1. The number of nitrogens with zero attached hydrogens (tertiary/aromatic N) is 4. The Hall–Kier alpha value is -2.56. The molecule has 0 fully saturated rings. The predicted octanol–water partition coefficient (Wildman–Crippen LogP) is 2.38. The summed E-state index contributed by atoms with van der Waals surface area (Å²) in [5, 5.41) is 3.98. The smallest absolute Gasteiger partial charge is 0.208 e.